The maximum absolute atomic E-state index is 7.61. The van der Waals surface area contributed by atoms with Crippen molar-refractivity contribution in [1.82, 2.24) is 0 Å². The summed E-state index contributed by atoms with van der Waals surface area (Å²) in [6.45, 7) is 17.2. The molecule has 0 aromatic rings. The van der Waals surface area contributed by atoms with Gasteiger partial charge in [-0.1, -0.05) is 20.8 Å². The molecule has 94 valence electrons. The van der Waals surface area contributed by atoms with Crippen LogP contribution in [0, 0.1) is 41.6 Å². The predicted octanol–water partition coefficient (Wildman–Crippen LogP) is 4.39. The van der Waals surface area contributed by atoms with Gasteiger partial charge in [0.05, 0.1) is 0 Å². The van der Waals surface area contributed by atoms with Gasteiger partial charge in [0.25, 0.3) is 0 Å². The molecule has 3 aliphatic rings. The van der Waals surface area contributed by atoms with E-state index in [1.54, 1.807) is 0 Å². The molecular weight excluding hydrogens is 206 g/mol. The Morgan fingerprint density at radius 2 is 1.76 bits per heavy atom. The molecule has 0 radical (unpaired) electrons. The van der Waals surface area contributed by atoms with Gasteiger partial charge in [0.15, 0.2) is 0 Å². The Labute approximate surface area is 106 Å². The van der Waals surface area contributed by atoms with Crippen LogP contribution in [0.1, 0.15) is 53.4 Å². The van der Waals surface area contributed by atoms with E-state index in [0.29, 0.717) is 11.3 Å². The Balaban J connectivity index is 1.97. The molecule has 3 saturated carbocycles. The summed E-state index contributed by atoms with van der Waals surface area (Å²) in [5.74, 6) is 4.23. The minimum Gasteiger partial charge on any atom is -0.310 e. The minimum absolute atomic E-state index is 0.0427. The van der Waals surface area contributed by atoms with Crippen LogP contribution in [-0.2, 0) is 0 Å². The maximum Gasteiger partial charge on any atom is 0.232 e. The Kier molecular flexibility index (Phi) is 2.23. The van der Waals surface area contributed by atoms with Gasteiger partial charge >= 0.3 is 0 Å². The lowest BCUT2D eigenvalue weighted by Crippen LogP contribution is -2.35. The molecule has 3 fully saturated rings. The zero-order valence-corrected chi connectivity index (χ0v) is 11.7. The zero-order valence-electron chi connectivity index (χ0n) is 11.7. The van der Waals surface area contributed by atoms with Crippen LogP contribution in [0.2, 0.25) is 0 Å². The summed E-state index contributed by atoms with van der Waals surface area (Å²) >= 11 is 0. The van der Waals surface area contributed by atoms with E-state index in [1.165, 1.54) is 19.3 Å². The Morgan fingerprint density at radius 1 is 1.06 bits per heavy atom. The van der Waals surface area contributed by atoms with E-state index < -0.39 is 0 Å². The molecule has 0 aromatic carbocycles. The Bertz CT molecular complexity index is 377. The second-order valence-electron chi connectivity index (χ2n) is 7.70. The fourth-order valence-electron chi connectivity index (χ4n) is 5.43. The van der Waals surface area contributed by atoms with Crippen molar-refractivity contribution in [2.45, 2.75) is 58.9 Å². The van der Waals surface area contributed by atoms with E-state index in [1.807, 2.05) is 0 Å². The van der Waals surface area contributed by atoms with Crippen LogP contribution in [0.15, 0.2) is 0 Å². The van der Waals surface area contributed by atoms with Crippen molar-refractivity contribution in [3.63, 3.8) is 0 Å². The lowest BCUT2D eigenvalue weighted by atomic mass is 9.73. The van der Waals surface area contributed by atoms with Crippen molar-refractivity contribution in [2.24, 2.45) is 35.0 Å². The van der Waals surface area contributed by atoms with Crippen molar-refractivity contribution in [3.8, 4) is 0 Å². The van der Waals surface area contributed by atoms with Gasteiger partial charge in [0.1, 0.15) is 0 Å². The van der Waals surface area contributed by atoms with Crippen LogP contribution in [0.5, 0.6) is 0 Å². The lowest BCUT2D eigenvalue weighted by molar-refractivity contribution is 0.198. The fourth-order valence-corrected chi connectivity index (χ4v) is 5.43. The summed E-state index contributed by atoms with van der Waals surface area (Å²) < 4.78 is 0. The van der Waals surface area contributed by atoms with Gasteiger partial charge in [0.2, 0.25) is 5.54 Å². The zero-order chi connectivity index (χ0) is 12.4. The Morgan fingerprint density at radius 3 is 2.41 bits per heavy atom. The molecule has 1 heteroatoms. The third-order valence-electron chi connectivity index (χ3n) is 6.62. The highest BCUT2D eigenvalue weighted by atomic mass is 14.9. The first-order valence-corrected chi connectivity index (χ1v) is 7.30. The van der Waals surface area contributed by atoms with Gasteiger partial charge in [-0.3, -0.25) is 0 Å². The van der Waals surface area contributed by atoms with Gasteiger partial charge in [0, 0.05) is 19.3 Å². The van der Waals surface area contributed by atoms with Gasteiger partial charge < -0.3 is 4.85 Å². The topological polar surface area (TPSA) is 4.36 Å². The molecule has 17 heavy (non-hydrogen) atoms. The van der Waals surface area contributed by atoms with Crippen LogP contribution in [0.4, 0.5) is 0 Å². The second-order valence-corrected chi connectivity index (χ2v) is 7.70. The van der Waals surface area contributed by atoms with E-state index in [9.17, 15) is 0 Å². The summed E-state index contributed by atoms with van der Waals surface area (Å²) in [4.78, 5) is 4.07. The van der Waals surface area contributed by atoms with Crippen molar-refractivity contribution >= 4 is 0 Å². The van der Waals surface area contributed by atoms with Gasteiger partial charge in [-0.2, -0.15) is 0 Å². The van der Waals surface area contributed by atoms with Crippen molar-refractivity contribution in [3.05, 3.63) is 11.4 Å². The van der Waals surface area contributed by atoms with E-state index in [-0.39, 0.29) is 5.54 Å². The average molecular weight is 231 g/mol. The molecular formula is C16H25N. The molecule has 0 aliphatic heterocycles. The molecule has 0 saturated heterocycles. The minimum atomic E-state index is -0.0427. The summed E-state index contributed by atoms with van der Waals surface area (Å²) in [7, 11) is 0. The standard InChI is InChI=1S/C16H25N/c1-10-6-7-11-13(10)14-12(15(14,2)3)8-9-16(11,4)17-5/h10-14H,6-9H2,1-4H3/t10-,11-,12-,13-,14+,16-/m1/s1. The van der Waals surface area contributed by atoms with Gasteiger partial charge in [-0.25, -0.2) is 6.57 Å². The third-order valence-corrected chi connectivity index (χ3v) is 6.62. The fraction of sp³-hybridized carbons (Fsp3) is 0.938. The molecule has 0 unspecified atom stereocenters. The molecule has 1 nitrogen and oxygen atoms in total. The molecule has 3 rings (SSSR count). The number of nitrogens with zero attached hydrogens (tertiary/aromatic N) is 1. The first-order chi connectivity index (χ1) is 7.92. The van der Waals surface area contributed by atoms with Crippen LogP contribution in [0.25, 0.3) is 4.85 Å². The van der Waals surface area contributed by atoms with Gasteiger partial charge in [-0.05, 0) is 48.3 Å². The SMILES string of the molecule is [C-]#[N+][C@]1(C)CC[C@@H]2[C@@H]([C@@H]3[C@H](C)CC[C@H]31)C2(C)C. The highest BCUT2D eigenvalue weighted by Crippen LogP contribution is 2.71. The van der Waals surface area contributed by atoms with Crippen LogP contribution >= 0.6 is 0 Å². The maximum atomic E-state index is 7.61. The van der Waals surface area contributed by atoms with Gasteiger partial charge in [-0.15, -0.1) is 0 Å². The number of hydrogen-bond acceptors (Lipinski definition) is 0. The summed E-state index contributed by atoms with van der Waals surface area (Å²) in [5, 5.41) is 0. The molecule has 3 aliphatic carbocycles. The molecule has 6 atom stereocenters. The first kappa shape index (κ1) is 11.6. The van der Waals surface area contributed by atoms with E-state index in [4.69, 9.17) is 6.57 Å². The van der Waals surface area contributed by atoms with E-state index >= 15 is 0 Å². The monoisotopic (exact) mass is 231 g/mol. The summed E-state index contributed by atoms with van der Waals surface area (Å²) in [5.41, 5.74) is 0.532. The number of fused-ring (bicyclic) bond motifs is 3. The number of hydrogen-bond donors (Lipinski definition) is 0. The molecule has 0 heterocycles. The van der Waals surface area contributed by atoms with E-state index in [0.717, 1.165) is 30.1 Å². The predicted molar refractivity (Wildman–Crippen MR) is 70.4 cm³/mol. The Hall–Kier alpha value is -0.510. The van der Waals surface area contributed by atoms with Crippen LogP contribution in [0.3, 0.4) is 0 Å². The van der Waals surface area contributed by atoms with Crippen LogP contribution in [-0.4, -0.2) is 5.54 Å². The first-order valence-electron chi connectivity index (χ1n) is 7.30. The summed E-state index contributed by atoms with van der Waals surface area (Å²) in [6, 6.07) is 0. The van der Waals surface area contributed by atoms with Crippen molar-refractivity contribution < 1.29 is 0 Å². The molecule has 0 bridgehead atoms. The normalized spacial score (nSPS) is 55.4. The van der Waals surface area contributed by atoms with Crippen molar-refractivity contribution in [1.29, 1.82) is 0 Å². The number of rotatable bonds is 0. The highest BCUT2D eigenvalue weighted by Gasteiger charge is 2.68. The average Bonchev–Trinajstić information content (AvgIpc) is 2.65. The van der Waals surface area contributed by atoms with E-state index in [2.05, 4.69) is 32.5 Å². The highest BCUT2D eigenvalue weighted by molar-refractivity contribution is 5.18. The second kappa shape index (κ2) is 3.28. The van der Waals surface area contributed by atoms with Crippen molar-refractivity contribution in [2.75, 3.05) is 0 Å². The third kappa shape index (κ3) is 1.36. The molecule has 0 amide bonds. The summed E-state index contributed by atoms with van der Waals surface area (Å²) in [6.07, 6.45) is 5.12. The molecule has 0 aromatic heterocycles. The largest absolute Gasteiger partial charge is 0.310 e. The molecule has 0 spiro atoms. The lowest BCUT2D eigenvalue weighted by Gasteiger charge is -2.30. The quantitative estimate of drug-likeness (QED) is 0.544. The van der Waals surface area contributed by atoms with Crippen LogP contribution < -0.4 is 0 Å². The smallest absolute Gasteiger partial charge is 0.232 e. The molecule has 0 N–H and O–H groups in total.